The van der Waals surface area contributed by atoms with Gasteiger partial charge in [-0.05, 0) is 18.2 Å². The molecule has 0 aromatic heterocycles. The fourth-order valence-corrected chi connectivity index (χ4v) is 1.46. The molecule has 0 fully saturated rings. The van der Waals surface area contributed by atoms with E-state index in [0.717, 1.165) is 11.3 Å². The van der Waals surface area contributed by atoms with Gasteiger partial charge in [0.1, 0.15) is 0 Å². The van der Waals surface area contributed by atoms with Crippen molar-refractivity contribution < 1.29 is 14.3 Å². The zero-order chi connectivity index (χ0) is 11.7. The highest BCUT2D eigenvalue weighted by molar-refractivity contribution is 5.84. The summed E-state index contributed by atoms with van der Waals surface area (Å²) in [5, 5.41) is 0. The standard InChI is InChI=1S/C12H13NO3/c1-8(13(3)9(2)14)10-4-5-11-12(6-10)16-7-15-11/h4-6H,1,7H2,2-3H3. The average Bonchev–Trinajstić information content (AvgIpc) is 2.73. The number of carbonyl (C=O) groups excluding carboxylic acids is 1. The Hall–Kier alpha value is -1.97. The van der Waals surface area contributed by atoms with Crippen molar-refractivity contribution in [3.05, 3.63) is 30.3 Å². The molecule has 4 nitrogen and oxygen atoms in total. The van der Waals surface area contributed by atoms with Gasteiger partial charge in [0.15, 0.2) is 11.5 Å². The summed E-state index contributed by atoms with van der Waals surface area (Å²) in [6.45, 7) is 5.62. The number of fused-ring (bicyclic) bond motifs is 1. The Bertz CT molecular complexity index is 454. The molecule has 0 saturated heterocycles. The maximum absolute atomic E-state index is 11.2. The quantitative estimate of drug-likeness (QED) is 0.762. The van der Waals surface area contributed by atoms with Crippen LogP contribution in [0.4, 0.5) is 0 Å². The van der Waals surface area contributed by atoms with Crippen molar-refractivity contribution in [2.75, 3.05) is 13.8 Å². The molecule has 0 N–H and O–H groups in total. The Kier molecular flexibility index (Phi) is 2.56. The molecule has 4 heteroatoms. The van der Waals surface area contributed by atoms with Crippen molar-refractivity contribution in [1.82, 2.24) is 4.90 Å². The summed E-state index contributed by atoms with van der Waals surface area (Å²) in [6, 6.07) is 5.50. The van der Waals surface area contributed by atoms with E-state index in [1.165, 1.54) is 11.8 Å². The van der Waals surface area contributed by atoms with E-state index in [1.54, 1.807) is 7.05 Å². The van der Waals surface area contributed by atoms with E-state index in [-0.39, 0.29) is 12.7 Å². The van der Waals surface area contributed by atoms with Crippen molar-refractivity contribution in [3.8, 4) is 11.5 Å². The van der Waals surface area contributed by atoms with Gasteiger partial charge in [-0.25, -0.2) is 0 Å². The van der Waals surface area contributed by atoms with Crippen LogP contribution in [-0.4, -0.2) is 24.6 Å². The molecule has 0 bridgehead atoms. The fourth-order valence-electron chi connectivity index (χ4n) is 1.46. The van der Waals surface area contributed by atoms with E-state index in [2.05, 4.69) is 6.58 Å². The van der Waals surface area contributed by atoms with Gasteiger partial charge in [0.25, 0.3) is 0 Å². The fraction of sp³-hybridized carbons (Fsp3) is 0.250. The molecule has 84 valence electrons. The molecule has 0 radical (unpaired) electrons. The van der Waals surface area contributed by atoms with Gasteiger partial charge >= 0.3 is 0 Å². The zero-order valence-corrected chi connectivity index (χ0v) is 9.32. The minimum atomic E-state index is -0.0531. The second-order valence-corrected chi connectivity index (χ2v) is 3.59. The normalized spacial score (nSPS) is 12.4. The van der Waals surface area contributed by atoms with Crippen molar-refractivity contribution >= 4 is 11.6 Å². The average molecular weight is 219 g/mol. The van der Waals surface area contributed by atoms with E-state index < -0.39 is 0 Å². The topological polar surface area (TPSA) is 38.8 Å². The van der Waals surface area contributed by atoms with Crippen LogP contribution in [0.3, 0.4) is 0 Å². The van der Waals surface area contributed by atoms with Gasteiger partial charge in [0, 0.05) is 25.2 Å². The maximum atomic E-state index is 11.2. The van der Waals surface area contributed by atoms with Crippen LogP contribution in [0.15, 0.2) is 24.8 Å². The van der Waals surface area contributed by atoms with Crippen LogP contribution < -0.4 is 9.47 Å². The Morgan fingerprint density at radius 1 is 1.38 bits per heavy atom. The Labute approximate surface area is 94.1 Å². The van der Waals surface area contributed by atoms with Crippen LogP contribution in [0.1, 0.15) is 12.5 Å². The highest BCUT2D eigenvalue weighted by atomic mass is 16.7. The monoisotopic (exact) mass is 219 g/mol. The molecule has 1 aromatic rings. The summed E-state index contributed by atoms with van der Waals surface area (Å²) < 4.78 is 10.5. The number of carbonyl (C=O) groups is 1. The summed E-state index contributed by atoms with van der Waals surface area (Å²) in [5.74, 6) is 1.36. The number of hydrogen-bond acceptors (Lipinski definition) is 3. The van der Waals surface area contributed by atoms with Gasteiger partial charge in [-0.15, -0.1) is 0 Å². The van der Waals surface area contributed by atoms with Gasteiger partial charge in [0.2, 0.25) is 12.7 Å². The third kappa shape index (κ3) is 1.74. The SMILES string of the molecule is C=C(c1ccc2c(c1)OCO2)N(C)C(C)=O. The van der Waals surface area contributed by atoms with Gasteiger partial charge in [-0.3, -0.25) is 4.79 Å². The Balaban J connectivity index is 2.28. The second kappa shape index (κ2) is 3.89. The molecule has 0 unspecified atom stereocenters. The molecule has 16 heavy (non-hydrogen) atoms. The third-order valence-corrected chi connectivity index (χ3v) is 2.58. The van der Waals surface area contributed by atoms with Crippen molar-refractivity contribution in [1.29, 1.82) is 0 Å². The van der Waals surface area contributed by atoms with E-state index in [0.29, 0.717) is 11.4 Å². The summed E-state index contributed by atoms with van der Waals surface area (Å²) in [5.41, 5.74) is 1.49. The van der Waals surface area contributed by atoms with Crippen LogP contribution in [0.5, 0.6) is 11.5 Å². The van der Waals surface area contributed by atoms with Gasteiger partial charge in [-0.2, -0.15) is 0 Å². The molecular weight excluding hydrogens is 206 g/mol. The molecule has 0 saturated carbocycles. The maximum Gasteiger partial charge on any atom is 0.231 e. The smallest absolute Gasteiger partial charge is 0.231 e. The largest absolute Gasteiger partial charge is 0.454 e. The first kappa shape index (κ1) is 10.5. The van der Waals surface area contributed by atoms with E-state index in [9.17, 15) is 4.79 Å². The predicted octanol–water partition coefficient (Wildman–Crippen LogP) is 1.86. The highest BCUT2D eigenvalue weighted by Crippen LogP contribution is 2.34. The molecule has 0 aliphatic carbocycles. The number of ether oxygens (including phenoxy) is 2. The van der Waals surface area contributed by atoms with Crippen LogP contribution in [-0.2, 0) is 4.79 Å². The zero-order valence-electron chi connectivity index (χ0n) is 9.32. The molecule has 1 aliphatic rings. The minimum absolute atomic E-state index is 0.0531. The molecule has 0 atom stereocenters. The van der Waals surface area contributed by atoms with Crippen LogP contribution in [0, 0.1) is 0 Å². The molecule has 0 spiro atoms. The van der Waals surface area contributed by atoms with Gasteiger partial charge in [-0.1, -0.05) is 6.58 Å². The van der Waals surface area contributed by atoms with Crippen molar-refractivity contribution in [2.45, 2.75) is 6.92 Å². The summed E-state index contributed by atoms with van der Waals surface area (Å²) in [6.07, 6.45) is 0. The molecule has 1 aromatic carbocycles. The van der Waals surface area contributed by atoms with Crippen molar-refractivity contribution in [3.63, 3.8) is 0 Å². The van der Waals surface area contributed by atoms with E-state index >= 15 is 0 Å². The lowest BCUT2D eigenvalue weighted by Crippen LogP contribution is -2.21. The minimum Gasteiger partial charge on any atom is -0.454 e. The lowest BCUT2D eigenvalue weighted by atomic mass is 10.1. The molecular formula is C12H13NO3. The summed E-state index contributed by atoms with van der Waals surface area (Å²) >= 11 is 0. The number of nitrogens with zero attached hydrogens (tertiary/aromatic N) is 1. The first-order valence-corrected chi connectivity index (χ1v) is 4.93. The lowest BCUT2D eigenvalue weighted by Gasteiger charge is -2.18. The van der Waals surface area contributed by atoms with Crippen LogP contribution in [0.2, 0.25) is 0 Å². The predicted molar refractivity (Wildman–Crippen MR) is 60.0 cm³/mol. The Morgan fingerprint density at radius 3 is 2.75 bits per heavy atom. The molecule has 1 aliphatic heterocycles. The number of amides is 1. The first-order chi connectivity index (χ1) is 7.59. The summed E-state index contributed by atoms with van der Waals surface area (Å²) in [4.78, 5) is 12.7. The number of hydrogen-bond donors (Lipinski definition) is 0. The summed E-state index contributed by atoms with van der Waals surface area (Å²) in [7, 11) is 1.69. The highest BCUT2D eigenvalue weighted by Gasteiger charge is 2.16. The Morgan fingerprint density at radius 2 is 2.06 bits per heavy atom. The van der Waals surface area contributed by atoms with Crippen LogP contribution in [0.25, 0.3) is 5.70 Å². The molecule has 1 heterocycles. The van der Waals surface area contributed by atoms with Crippen LogP contribution >= 0.6 is 0 Å². The number of rotatable bonds is 2. The van der Waals surface area contributed by atoms with E-state index in [1.807, 2.05) is 18.2 Å². The first-order valence-electron chi connectivity index (χ1n) is 4.93. The second-order valence-electron chi connectivity index (χ2n) is 3.59. The lowest BCUT2D eigenvalue weighted by molar-refractivity contribution is -0.124. The molecule has 2 rings (SSSR count). The molecule has 1 amide bonds. The number of benzene rings is 1. The van der Waals surface area contributed by atoms with Gasteiger partial charge in [0.05, 0.1) is 0 Å². The third-order valence-electron chi connectivity index (χ3n) is 2.58. The van der Waals surface area contributed by atoms with Gasteiger partial charge < -0.3 is 14.4 Å². The van der Waals surface area contributed by atoms with Crippen molar-refractivity contribution in [2.24, 2.45) is 0 Å². The van der Waals surface area contributed by atoms with E-state index in [4.69, 9.17) is 9.47 Å².